The number of aryl methyl sites for hydroxylation is 1. The van der Waals surface area contributed by atoms with E-state index in [0.717, 1.165) is 12.1 Å². The van der Waals surface area contributed by atoms with Crippen LogP contribution in [-0.2, 0) is 16.1 Å². The second-order valence-corrected chi connectivity index (χ2v) is 4.52. The van der Waals surface area contributed by atoms with Gasteiger partial charge in [-0.1, -0.05) is 5.16 Å². The van der Waals surface area contributed by atoms with Crippen LogP contribution in [0.5, 0.6) is 0 Å². The standard InChI is InChI=1S/C12H17N3O3/c1-8-6-10(18-14-8)7-13-12(17)9(2)15-5-3-4-11(15)16/h6,9H,3-5,7H2,1-2H3,(H,13,17). The van der Waals surface area contributed by atoms with Crippen LogP contribution in [0.2, 0.25) is 0 Å². The van der Waals surface area contributed by atoms with Gasteiger partial charge in [-0.2, -0.15) is 0 Å². The minimum absolute atomic E-state index is 0.0492. The lowest BCUT2D eigenvalue weighted by atomic mass is 10.2. The Balaban J connectivity index is 1.86. The molecule has 0 aliphatic carbocycles. The van der Waals surface area contributed by atoms with Crippen LogP contribution in [0.25, 0.3) is 0 Å². The van der Waals surface area contributed by atoms with E-state index in [1.807, 2.05) is 6.92 Å². The molecule has 6 nitrogen and oxygen atoms in total. The number of carbonyl (C=O) groups is 2. The lowest BCUT2D eigenvalue weighted by molar-refractivity contribution is -0.136. The van der Waals surface area contributed by atoms with Crippen molar-refractivity contribution >= 4 is 11.8 Å². The predicted octanol–water partition coefficient (Wildman–Crippen LogP) is 0.610. The first-order chi connectivity index (χ1) is 8.58. The first-order valence-electron chi connectivity index (χ1n) is 6.07. The third-order valence-electron chi connectivity index (χ3n) is 3.07. The van der Waals surface area contributed by atoms with Crippen LogP contribution in [0.15, 0.2) is 10.6 Å². The van der Waals surface area contributed by atoms with E-state index in [-0.39, 0.29) is 11.8 Å². The Bertz CT molecular complexity index is 455. The highest BCUT2D eigenvalue weighted by Gasteiger charge is 2.29. The highest BCUT2D eigenvalue weighted by atomic mass is 16.5. The summed E-state index contributed by atoms with van der Waals surface area (Å²) in [5.74, 6) is 0.494. The largest absolute Gasteiger partial charge is 0.359 e. The van der Waals surface area contributed by atoms with Gasteiger partial charge >= 0.3 is 0 Å². The molecule has 0 spiro atoms. The molecule has 1 aliphatic heterocycles. The van der Waals surface area contributed by atoms with Gasteiger partial charge in [-0.25, -0.2) is 0 Å². The molecule has 6 heteroatoms. The summed E-state index contributed by atoms with van der Waals surface area (Å²) in [6, 6.07) is 1.34. The number of nitrogens with zero attached hydrogens (tertiary/aromatic N) is 2. The zero-order valence-electron chi connectivity index (χ0n) is 10.6. The van der Waals surface area contributed by atoms with Crippen LogP contribution < -0.4 is 5.32 Å². The van der Waals surface area contributed by atoms with Crippen molar-refractivity contribution in [2.24, 2.45) is 0 Å². The highest BCUT2D eigenvalue weighted by Crippen LogP contribution is 2.13. The molecule has 1 fully saturated rings. The van der Waals surface area contributed by atoms with Crippen molar-refractivity contribution in [3.05, 3.63) is 17.5 Å². The zero-order chi connectivity index (χ0) is 13.1. The molecule has 1 N–H and O–H groups in total. The first kappa shape index (κ1) is 12.6. The van der Waals surface area contributed by atoms with E-state index in [0.29, 0.717) is 25.3 Å². The van der Waals surface area contributed by atoms with Crippen molar-refractivity contribution in [3.63, 3.8) is 0 Å². The molecule has 1 atom stereocenters. The molecule has 2 rings (SSSR count). The molecule has 98 valence electrons. The molecule has 2 heterocycles. The quantitative estimate of drug-likeness (QED) is 0.850. The third-order valence-corrected chi connectivity index (χ3v) is 3.07. The molecule has 2 amide bonds. The number of rotatable bonds is 4. The zero-order valence-corrected chi connectivity index (χ0v) is 10.6. The van der Waals surface area contributed by atoms with E-state index >= 15 is 0 Å². The van der Waals surface area contributed by atoms with Gasteiger partial charge in [0.1, 0.15) is 6.04 Å². The molecule has 0 bridgehead atoms. The molecular weight excluding hydrogens is 234 g/mol. The summed E-state index contributed by atoms with van der Waals surface area (Å²) in [6.45, 7) is 4.52. The Labute approximate surface area is 105 Å². The van der Waals surface area contributed by atoms with E-state index < -0.39 is 6.04 Å². The number of nitrogens with one attached hydrogen (secondary N) is 1. The van der Waals surface area contributed by atoms with Gasteiger partial charge in [0.15, 0.2) is 5.76 Å². The van der Waals surface area contributed by atoms with Gasteiger partial charge in [-0.3, -0.25) is 9.59 Å². The minimum Gasteiger partial charge on any atom is -0.359 e. The van der Waals surface area contributed by atoms with Gasteiger partial charge in [-0.05, 0) is 20.3 Å². The minimum atomic E-state index is -0.427. The molecule has 1 unspecified atom stereocenters. The lowest BCUT2D eigenvalue weighted by Crippen LogP contribution is -2.45. The Hall–Kier alpha value is -1.85. The molecule has 0 aromatic carbocycles. The normalized spacial score (nSPS) is 17.0. The van der Waals surface area contributed by atoms with Crippen molar-refractivity contribution < 1.29 is 14.1 Å². The number of amides is 2. The van der Waals surface area contributed by atoms with Crippen LogP contribution in [0.4, 0.5) is 0 Å². The summed E-state index contributed by atoms with van der Waals surface area (Å²) < 4.78 is 5.00. The molecular formula is C12H17N3O3. The van der Waals surface area contributed by atoms with Crippen LogP contribution in [-0.4, -0.2) is 34.5 Å². The second kappa shape index (κ2) is 5.20. The Kier molecular flexibility index (Phi) is 3.64. The molecule has 1 aromatic heterocycles. The van der Waals surface area contributed by atoms with Crippen LogP contribution in [0.1, 0.15) is 31.2 Å². The topological polar surface area (TPSA) is 75.4 Å². The molecule has 18 heavy (non-hydrogen) atoms. The molecule has 1 saturated heterocycles. The van der Waals surface area contributed by atoms with E-state index in [9.17, 15) is 9.59 Å². The smallest absolute Gasteiger partial charge is 0.242 e. The van der Waals surface area contributed by atoms with E-state index in [1.165, 1.54) is 0 Å². The van der Waals surface area contributed by atoms with Crippen LogP contribution >= 0.6 is 0 Å². The fourth-order valence-corrected chi connectivity index (χ4v) is 2.04. The van der Waals surface area contributed by atoms with Gasteiger partial charge in [0.25, 0.3) is 0 Å². The van der Waals surface area contributed by atoms with Gasteiger partial charge in [-0.15, -0.1) is 0 Å². The number of carbonyl (C=O) groups excluding carboxylic acids is 2. The summed E-state index contributed by atoms with van der Waals surface area (Å²) in [6.07, 6.45) is 1.37. The third kappa shape index (κ3) is 2.69. The van der Waals surface area contributed by atoms with Crippen molar-refractivity contribution in [1.29, 1.82) is 0 Å². The lowest BCUT2D eigenvalue weighted by Gasteiger charge is -2.22. The molecule has 1 aromatic rings. The van der Waals surface area contributed by atoms with Crippen molar-refractivity contribution in [2.75, 3.05) is 6.54 Å². The summed E-state index contributed by atoms with van der Waals surface area (Å²) in [5.41, 5.74) is 0.780. The maximum absolute atomic E-state index is 11.9. The predicted molar refractivity (Wildman–Crippen MR) is 63.5 cm³/mol. The fourth-order valence-electron chi connectivity index (χ4n) is 2.04. The van der Waals surface area contributed by atoms with E-state index in [2.05, 4.69) is 10.5 Å². The van der Waals surface area contributed by atoms with Crippen LogP contribution in [0.3, 0.4) is 0 Å². The Morgan fingerprint density at radius 3 is 3.00 bits per heavy atom. The number of likely N-dealkylation sites (tertiary alicyclic amines) is 1. The average molecular weight is 251 g/mol. The van der Waals surface area contributed by atoms with E-state index in [4.69, 9.17) is 4.52 Å². The SMILES string of the molecule is Cc1cc(CNC(=O)C(C)N2CCCC2=O)on1. The van der Waals surface area contributed by atoms with Crippen molar-refractivity contribution in [3.8, 4) is 0 Å². The number of hydrogen-bond donors (Lipinski definition) is 1. The molecule has 0 saturated carbocycles. The Morgan fingerprint density at radius 2 is 2.44 bits per heavy atom. The van der Waals surface area contributed by atoms with Crippen molar-refractivity contribution in [1.82, 2.24) is 15.4 Å². The van der Waals surface area contributed by atoms with Crippen molar-refractivity contribution in [2.45, 2.75) is 39.3 Å². The van der Waals surface area contributed by atoms with Gasteiger partial charge in [0.05, 0.1) is 12.2 Å². The monoisotopic (exact) mass is 251 g/mol. The summed E-state index contributed by atoms with van der Waals surface area (Å²) in [7, 11) is 0. The van der Waals surface area contributed by atoms with Gasteiger partial charge < -0.3 is 14.7 Å². The highest BCUT2D eigenvalue weighted by molar-refractivity contribution is 5.88. The summed E-state index contributed by atoms with van der Waals surface area (Å²) in [4.78, 5) is 25.0. The second-order valence-electron chi connectivity index (χ2n) is 4.52. The van der Waals surface area contributed by atoms with Gasteiger partial charge in [0.2, 0.25) is 11.8 Å². The maximum Gasteiger partial charge on any atom is 0.242 e. The average Bonchev–Trinajstić information content (AvgIpc) is 2.94. The van der Waals surface area contributed by atoms with Crippen LogP contribution in [0, 0.1) is 6.92 Å². The fraction of sp³-hybridized carbons (Fsp3) is 0.583. The molecule has 1 aliphatic rings. The summed E-state index contributed by atoms with van der Waals surface area (Å²) in [5, 5.41) is 6.48. The first-order valence-corrected chi connectivity index (χ1v) is 6.07. The molecule has 0 radical (unpaired) electrons. The number of hydrogen-bond acceptors (Lipinski definition) is 4. The Morgan fingerprint density at radius 1 is 1.67 bits per heavy atom. The maximum atomic E-state index is 11.9. The summed E-state index contributed by atoms with van der Waals surface area (Å²) >= 11 is 0. The van der Waals surface area contributed by atoms with Gasteiger partial charge in [0, 0.05) is 19.0 Å². The van der Waals surface area contributed by atoms with E-state index in [1.54, 1.807) is 17.9 Å². The number of aromatic nitrogens is 1.